The minimum Gasteiger partial charge on any atom is -0.460 e. The Labute approximate surface area is 207 Å². The van der Waals surface area contributed by atoms with E-state index in [-0.39, 0.29) is 18.9 Å². The molecule has 1 aromatic rings. The number of carbonyl (C=O) groups excluding carboxylic acids is 3. The number of anilines is 1. The standard InChI is InChI=1S/C24H39N5O6/c1-22(2,3)33-18(30)11-24(7,8)35-21(32)28-14-16-12-26-20(27-13-16)29-10-9-25-17(15-29)19(31)34-23(4,5)6/h12-13,17,25H,9-11,14-15H2,1-8H3,(H,28,32)/t17-/m1/s1. The highest BCUT2D eigenvalue weighted by Crippen LogP contribution is 2.19. The molecule has 11 heteroatoms. The van der Waals surface area contributed by atoms with E-state index >= 15 is 0 Å². The van der Waals surface area contributed by atoms with Crippen LogP contribution in [0, 0.1) is 0 Å². The van der Waals surface area contributed by atoms with Gasteiger partial charge in [0.05, 0.1) is 6.42 Å². The molecule has 11 nitrogen and oxygen atoms in total. The first-order valence-electron chi connectivity index (χ1n) is 11.7. The number of esters is 2. The molecule has 2 rings (SSSR count). The smallest absolute Gasteiger partial charge is 0.407 e. The largest absolute Gasteiger partial charge is 0.460 e. The first kappa shape index (κ1) is 28.3. The fourth-order valence-electron chi connectivity index (χ4n) is 3.29. The second kappa shape index (κ2) is 11.2. The van der Waals surface area contributed by atoms with Crippen molar-refractivity contribution in [3.05, 3.63) is 18.0 Å². The highest BCUT2D eigenvalue weighted by Gasteiger charge is 2.31. The second-order valence-electron chi connectivity index (χ2n) is 11.1. The summed E-state index contributed by atoms with van der Waals surface area (Å²) in [5, 5.41) is 5.81. The van der Waals surface area contributed by atoms with Crippen LogP contribution in [-0.4, -0.2) is 70.5 Å². The van der Waals surface area contributed by atoms with Gasteiger partial charge in [0.25, 0.3) is 0 Å². The maximum atomic E-state index is 12.4. The Morgan fingerprint density at radius 1 is 1.00 bits per heavy atom. The van der Waals surface area contributed by atoms with Crippen LogP contribution in [0.2, 0.25) is 0 Å². The van der Waals surface area contributed by atoms with Crippen molar-refractivity contribution in [1.82, 2.24) is 20.6 Å². The first-order valence-corrected chi connectivity index (χ1v) is 11.7. The van der Waals surface area contributed by atoms with Gasteiger partial charge < -0.3 is 29.7 Å². The Morgan fingerprint density at radius 2 is 1.60 bits per heavy atom. The highest BCUT2D eigenvalue weighted by molar-refractivity contribution is 5.77. The molecule has 0 aliphatic carbocycles. The molecule has 1 aromatic heterocycles. The van der Waals surface area contributed by atoms with Crippen molar-refractivity contribution in [3.63, 3.8) is 0 Å². The van der Waals surface area contributed by atoms with Crippen molar-refractivity contribution in [2.45, 2.75) is 91.2 Å². The molecule has 196 valence electrons. The summed E-state index contributed by atoms with van der Waals surface area (Å²) in [7, 11) is 0. The number of carbonyl (C=O) groups is 3. The summed E-state index contributed by atoms with van der Waals surface area (Å²) in [5.74, 6) is -0.262. The van der Waals surface area contributed by atoms with Gasteiger partial charge >= 0.3 is 18.0 Å². The number of hydrogen-bond donors (Lipinski definition) is 2. The quantitative estimate of drug-likeness (QED) is 0.431. The summed E-state index contributed by atoms with van der Waals surface area (Å²) >= 11 is 0. The number of ether oxygens (including phenoxy) is 3. The average molecular weight is 494 g/mol. The minimum atomic E-state index is -1.03. The molecule has 2 N–H and O–H groups in total. The number of aromatic nitrogens is 2. The van der Waals surface area contributed by atoms with Gasteiger partial charge in [0.15, 0.2) is 0 Å². The molecule has 1 fully saturated rings. The molecule has 0 aromatic carbocycles. The van der Waals surface area contributed by atoms with E-state index in [1.165, 1.54) is 0 Å². The molecular weight excluding hydrogens is 454 g/mol. The van der Waals surface area contributed by atoms with Crippen LogP contribution in [0.5, 0.6) is 0 Å². The number of rotatable bonds is 7. The van der Waals surface area contributed by atoms with Gasteiger partial charge in [-0.25, -0.2) is 14.8 Å². The highest BCUT2D eigenvalue weighted by atomic mass is 16.6. The third kappa shape index (κ3) is 10.5. The van der Waals surface area contributed by atoms with Crippen LogP contribution in [0.3, 0.4) is 0 Å². The molecule has 0 radical (unpaired) electrons. The number of amides is 1. The van der Waals surface area contributed by atoms with Crippen LogP contribution in [0.15, 0.2) is 12.4 Å². The van der Waals surface area contributed by atoms with Crippen molar-refractivity contribution >= 4 is 24.0 Å². The lowest BCUT2D eigenvalue weighted by molar-refractivity contribution is -0.159. The van der Waals surface area contributed by atoms with Gasteiger partial charge in [-0.3, -0.25) is 9.59 Å². The Hall–Kier alpha value is -2.95. The lowest BCUT2D eigenvalue weighted by Crippen LogP contribution is -2.56. The van der Waals surface area contributed by atoms with Crippen molar-refractivity contribution in [2.75, 3.05) is 24.5 Å². The van der Waals surface area contributed by atoms with Crippen LogP contribution in [0.1, 0.15) is 67.4 Å². The van der Waals surface area contributed by atoms with Gasteiger partial charge in [-0.15, -0.1) is 0 Å². The second-order valence-corrected chi connectivity index (χ2v) is 11.1. The third-order valence-corrected chi connectivity index (χ3v) is 4.64. The summed E-state index contributed by atoms with van der Waals surface area (Å²) in [6.45, 7) is 15.9. The van der Waals surface area contributed by atoms with Gasteiger partial charge in [0, 0.05) is 44.1 Å². The van der Waals surface area contributed by atoms with Crippen LogP contribution >= 0.6 is 0 Å². The Balaban J connectivity index is 1.85. The third-order valence-electron chi connectivity index (χ3n) is 4.64. The van der Waals surface area contributed by atoms with E-state index in [1.807, 2.05) is 25.7 Å². The summed E-state index contributed by atoms with van der Waals surface area (Å²) in [5.41, 5.74) is -1.52. The van der Waals surface area contributed by atoms with Gasteiger partial charge in [-0.05, 0) is 55.4 Å². The maximum absolute atomic E-state index is 12.4. The van der Waals surface area contributed by atoms with E-state index in [0.717, 1.165) is 0 Å². The zero-order valence-electron chi connectivity index (χ0n) is 22.1. The number of nitrogens with one attached hydrogen (secondary N) is 2. The molecule has 0 spiro atoms. The lowest BCUT2D eigenvalue weighted by atomic mass is 10.1. The van der Waals surface area contributed by atoms with Gasteiger partial charge in [0.1, 0.15) is 22.8 Å². The summed E-state index contributed by atoms with van der Waals surface area (Å²) in [6, 6.07) is -0.466. The number of piperazine rings is 1. The molecular formula is C24H39N5O6. The monoisotopic (exact) mass is 493 g/mol. The Morgan fingerprint density at radius 3 is 2.17 bits per heavy atom. The van der Waals surface area contributed by atoms with Crippen molar-refractivity contribution in [1.29, 1.82) is 0 Å². The zero-order valence-corrected chi connectivity index (χ0v) is 22.1. The van der Waals surface area contributed by atoms with Crippen LogP contribution in [0.4, 0.5) is 10.7 Å². The predicted octanol–water partition coefficient (Wildman–Crippen LogP) is 2.33. The van der Waals surface area contributed by atoms with Crippen LogP contribution in [-0.2, 0) is 30.3 Å². The lowest BCUT2D eigenvalue weighted by Gasteiger charge is -2.33. The van der Waals surface area contributed by atoms with Gasteiger partial charge in [0.2, 0.25) is 5.95 Å². The first-order chi connectivity index (χ1) is 16.0. The molecule has 1 amide bonds. The average Bonchev–Trinajstić information content (AvgIpc) is 2.69. The summed E-state index contributed by atoms with van der Waals surface area (Å²) in [6.07, 6.45) is 2.49. The molecule has 1 aliphatic heterocycles. The molecule has 35 heavy (non-hydrogen) atoms. The molecule has 0 unspecified atom stereocenters. The Bertz CT molecular complexity index is 889. The van der Waals surface area contributed by atoms with Crippen LogP contribution < -0.4 is 15.5 Å². The fourth-order valence-corrected chi connectivity index (χ4v) is 3.29. The molecule has 1 saturated heterocycles. The van der Waals surface area contributed by atoms with E-state index in [4.69, 9.17) is 14.2 Å². The van der Waals surface area contributed by atoms with Crippen LogP contribution in [0.25, 0.3) is 0 Å². The zero-order chi connectivity index (χ0) is 26.4. The van der Waals surface area contributed by atoms with Crippen molar-refractivity contribution in [2.24, 2.45) is 0 Å². The SMILES string of the molecule is CC(C)(C)OC(=O)CC(C)(C)OC(=O)NCc1cnc(N2CCN[C@@H](C(=O)OC(C)(C)C)C2)nc1. The fraction of sp³-hybridized carbons (Fsp3) is 0.708. The summed E-state index contributed by atoms with van der Waals surface area (Å²) in [4.78, 5) is 47.3. The number of nitrogens with zero attached hydrogens (tertiary/aromatic N) is 3. The normalized spacial score (nSPS) is 16.9. The number of alkyl carbamates (subject to hydrolysis) is 1. The molecule has 1 aliphatic rings. The topological polar surface area (TPSA) is 132 Å². The van der Waals surface area contributed by atoms with Crippen molar-refractivity contribution in [3.8, 4) is 0 Å². The molecule has 0 saturated carbocycles. The van der Waals surface area contributed by atoms with Crippen molar-refractivity contribution < 1.29 is 28.6 Å². The van der Waals surface area contributed by atoms with E-state index in [1.54, 1.807) is 47.0 Å². The van der Waals surface area contributed by atoms with E-state index in [9.17, 15) is 14.4 Å². The van der Waals surface area contributed by atoms with Gasteiger partial charge in [-0.2, -0.15) is 0 Å². The van der Waals surface area contributed by atoms with E-state index in [0.29, 0.717) is 31.1 Å². The minimum absolute atomic E-state index is 0.0650. The van der Waals surface area contributed by atoms with E-state index in [2.05, 4.69) is 20.6 Å². The van der Waals surface area contributed by atoms with E-state index < -0.39 is 34.9 Å². The number of hydrogen-bond acceptors (Lipinski definition) is 10. The molecule has 2 heterocycles. The molecule has 1 atom stereocenters. The molecule has 0 bridgehead atoms. The maximum Gasteiger partial charge on any atom is 0.407 e. The summed E-state index contributed by atoms with van der Waals surface area (Å²) < 4.78 is 16.1. The predicted molar refractivity (Wildman–Crippen MR) is 130 cm³/mol. The Kier molecular flexibility index (Phi) is 9.05. The van der Waals surface area contributed by atoms with Gasteiger partial charge in [-0.1, -0.05) is 0 Å².